The molecular weight excluding hydrogens is 332 g/mol. The Morgan fingerprint density at radius 3 is 2.92 bits per heavy atom. The standard InChI is InChI=1S/C16H17ClN4O3/c1-9(22)23-6-12-10-4-2-3-5-11(10)16(24-12)21-8-20-13-14(17)18-7-19-15(13)21/h2-3,7-8,10-12,16H,4-6H2,1H3/t10-,11+,12+,16+/m0/s1. The molecule has 3 heterocycles. The van der Waals surface area contributed by atoms with Crippen molar-refractivity contribution in [3.05, 3.63) is 30.0 Å². The van der Waals surface area contributed by atoms with Crippen LogP contribution < -0.4 is 0 Å². The second-order valence-corrected chi connectivity index (χ2v) is 6.48. The molecule has 2 aromatic heterocycles. The second-order valence-electron chi connectivity index (χ2n) is 6.13. The van der Waals surface area contributed by atoms with Crippen molar-refractivity contribution in [1.82, 2.24) is 19.5 Å². The van der Waals surface area contributed by atoms with Crippen LogP contribution in [0.1, 0.15) is 26.0 Å². The average Bonchev–Trinajstić information content (AvgIpc) is 3.15. The number of esters is 1. The van der Waals surface area contributed by atoms with Gasteiger partial charge in [-0.25, -0.2) is 15.0 Å². The first-order chi connectivity index (χ1) is 11.6. The van der Waals surface area contributed by atoms with E-state index in [2.05, 4.69) is 27.1 Å². The van der Waals surface area contributed by atoms with Gasteiger partial charge in [0, 0.05) is 12.8 Å². The van der Waals surface area contributed by atoms with E-state index >= 15 is 0 Å². The summed E-state index contributed by atoms with van der Waals surface area (Å²) in [6.45, 7) is 1.68. The van der Waals surface area contributed by atoms with Crippen LogP contribution in [0.2, 0.25) is 5.15 Å². The molecule has 24 heavy (non-hydrogen) atoms. The van der Waals surface area contributed by atoms with Gasteiger partial charge in [0.1, 0.15) is 24.7 Å². The molecule has 126 valence electrons. The van der Waals surface area contributed by atoms with Crippen molar-refractivity contribution < 1.29 is 14.3 Å². The van der Waals surface area contributed by atoms with Gasteiger partial charge < -0.3 is 9.47 Å². The lowest BCUT2D eigenvalue weighted by atomic mass is 9.81. The summed E-state index contributed by atoms with van der Waals surface area (Å²) < 4.78 is 13.4. The van der Waals surface area contributed by atoms with E-state index in [0.29, 0.717) is 22.2 Å². The fourth-order valence-electron chi connectivity index (χ4n) is 3.64. The lowest BCUT2D eigenvalue weighted by Gasteiger charge is -2.25. The average molecular weight is 349 g/mol. The largest absolute Gasteiger partial charge is 0.463 e. The Morgan fingerprint density at radius 2 is 2.12 bits per heavy atom. The fraction of sp³-hybridized carbons (Fsp3) is 0.500. The maximum Gasteiger partial charge on any atom is 0.302 e. The first kappa shape index (κ1) is 15.5. The zero-order valence-corrected chi connectivity index (χ0v) is 13.9. The van der Waals surface area contributed by atoms with Gasteiger partial charge in [0.05, 0.1) is 12.4 Å². The number of imidazole rings is 1. The van der Waals surface area contributed by atoms with Gasteiger partial charge in [-0.1, -0.05) is 23.8 Å². The summed E-state index contributed by atoms with van der Waals surface area (Å²) in [5.41, 5.74) is 1.22. The zero-order chi connectivity index (χ0) is 16.7. The van der Waals surface area contributed by atoms with E-state index in [9.17, 15) is 4.79 Å². The van der Waals surface area contributed by atoms with Crippen molar-refractivity contribution in [2.75, 3.05) is 6.61 Å². The van der Waals surface area contributed by atoms with Crippen LogP contribution in [0.15, 0.2) is 24.8 Å². The molecule has 1 fully saturated rings. The van der Waals surface area contributed by atoms with E-state index < -0.39 is 0 Å². The minimum absolute atomic E-state index is 0.136. The molecule has 0 saturated carbocycles. The van der Waals surface area contributed by atoms with Crippen LogP contribution in [0.4, 0.5) is 0 Å². The molecule has 0 N–H and O–H groups in total. The Balaban J connectivity index is 1.67. The Hall–Kier alpha value is -1.99. The number of nitrogens with zero attached hydrogens (tertiary/aromatic N) is 4. The predicted octanol–water partition coefficient (Wildman–Crippen LogP) is 2.52. The van der Waals surface area contributed by atoms with E-state index in [1.807, 2.05) is 4.57 Å². The molecule has 1 saturated heterocycles. The lowest BCUT2D eigenvalue weighted by Crippen LogP contribution is -2.27. The molecule has 2 aromatic rings. The number of halogens is 1. The monoisotopic (exact) mass is 348 g/mol. The van der Waals surface area contributed by atoms with Gasteiger partial charge in [-0.05, 0) is 18.8 Å². The van der Waals surface area contributed by atoms with Gasteiger partial charge in [-0.3, -0.25) is 9.36 Å². The van der Waals surface area contributed by atoms with E-state index in [0.717, 1.165) is 12.8 Å². The highest BCUT2D eigenvalue weighted by atomic mass is 35.5. The van der Waals surface area contributed by atoms with Gasteiger partial charge >= 0.3 is 5.97 Å². The molecular formula is C16H17ClN4O3. The van der Waals surface area contributed by atoms with Crippen LogP contribution in [0, 0.1) is 11.8 Å². The maximum absolute atomic E-state index is 11.1. The van der Waals surface area contributed by atoms with Crippen molar-refractivity contribution in [2.24, 2.45) is 11.8 Å². The topological polar surface area (TPSA) is 79.1 Å². The first-order valence-corrected chi connectivity index (χ1v) is 8.30. The van der Waals surface area contributed by atoms with Crippen molar-refractivity contribution in [3.63, 3.8) is 0 Å². The van der Waals surface area contributed by atoms with Gasteiger partial charge in [0.15, 0.2) is 10.8 Å². The van der Waals surface area contributed by atoms with Crippen molar-refractivity contribution in [3.8, 4) is 0 Å². The molecule has 2 aliphatic rings. The number of hydrogen-bond acceptors (Lipinski definition) is 6. The molecule has 0 spiro atoms. The summed E-state index contributed by atoms with van der Waals surface area (Å²) >= 11 is 6.09. The summed E-state index contributed by atoms with van der Waals surface area (Å²) in [7, 11) is 0. The number of carbonyl (C=O) groups excluding carboxylic acids is 1. The highest BCUT2D eigenvalue weighted by Crippen LogP contribution is 2.46. The number of rotatable bonds is 3. The number of allylic oxidation sites excluding steroid dienone is 2. The molecule has 4 atom stereocenters. The highest BCUT2D eigenvalue weighted by Gasteiger charge is 2.46. The van der Waals surface area contributed by atoms with Gasteiger partial charge in [0.2, 0.25) is 0 Å². The number of aromatic nitrogens is 4. The number of hydrogen-bond donors (Lipinski definition) is 0. The zero-order valence-electron chi connectivity index (χ0n) is 13.1. The smallest absolute Gasteiger partial charge is 0.302 e. The molecule has 7 nitrogen and oxygen atoms in total. The maximum atomic E-state index is 11.1. The summed E-state index contributed by atoms with van der Waals surface area (Å²) in [5, 5.41) is 0.327. The first-order valence-electron chi connectivity index (χ1n) is 7.92. The van der Waals surface area contributed by atoms with E-state index in [1.54, 1.807) is 6.33 Å². The quantitative estimate of drug-likeness (QED) is 0.482. The number of carbonyl (C=O) groups is 1. The molecule has 1 aliphatic carbocycles. The lowest BCUT2D eigenvalue weighted by molar-refractivity contribution is -0.146. The Kier molecular flexibility index (Phi) is 3.97. The normalized spacial score (nSPS) is 28.9. The molecule has 0 amide bonds. The van der Waals surface area contributed by atoms with Crippen LogP contribution in [0.5, 0.6) is 0 Å². The summed E-state index contributed by atoms with van der Waals surface area (Å²) in [6.07, 6.45) is 8.93. The molecule has 4 rings (SSSR count). The third-order valence-corrected chi connectivity index (χ3v) is 5.01. The van der Waals surface area contributed by atoms with Crippen LogP contribution in [-0.2, 0) is 14.3 Å². The van der Waals surface area contributed by atoms with E-state index in [4.69, 9.17) is 21.1 Å². The van der Waals surface area contributed by atoms with Crippen molar-refractivity contribution >= 4 is 28.7 Å². The third-order valence-electron chi connectivity index (χ3n) is 4.73. The summed E-state index contributed by atoms with van der Waals surface area (Å²) in [5.74, 6) is 0.286. The van der Waals surface area contributed by atoms with Gasteiger partial charge in [-0.2, -0.15) is 0 Å². The number of ether oxygens (including phenoxy) is 2. The highest BCUT2D eigenvalue weighted by molar-refractivity contribution is 6.33. The molecule has 0 unspecified atom stereocenters. The summed E-state index contributed by atoms with van der Waals surface area (Å²) in [4.78, 5) is 23.7. The molecule has 0 radical (unpaired) electrons. The Morgan fingerprint density at radius 1 is 1.33 bits per heavy atom. The minimum Gasteiger partial charge on any atom is -0.463 e. The predicted molar refractivity (Wildman–Crippen MR) is 86.2 cm³/mol. The molecule has 1 aliphatic heterocycles. The third kappa shape index (κ3) is 2.57. The summed E-state index contributed by atoms with van der Waals surface area (Å²) in [6, 6.07) is 0. The van der Waals surface area contributed by atoms with Crippen LogP contribution in [-0.4, -0.2) is 38.2 Å². The molecule has 0 aromatic carbocycles. The van der Waals surface area contributed by atoms with Gasteiger partial charge in [-0.15, -0.1) is 0 Å². The fourth-order valence-corrected chi connectivity index (χ4v) is 3.81. The van der Waals surface area contributed by atoms with E-state index in [1.165, 1.54) is 13.3 Å². The van der Waals surface area contributed by atoms with Crippen LogP contribution in [0.3, 0.4) is 0 Å². The van der Waals surface area contributed by atoms with E-state index in [-0.39, 0.29) is 30.8 Å². The Labute approximate surface area is 143 Å². The molecule has 8 heteroatoms. The van der Waals surface area contributed by atoms with Crippen LogP contribution in [0.25, 0.3) is 11.2 Å². The van der Waals surface area contributed by atoms with Crippen molar-refractivity contribution in [2.45, 2.75) is 32.1 Å². The SMILES string of the molecule is CC(=O)OC[C@H]1O[C@@H](n2cnc3c(Cl)ncnc32)[C@@H]2CC=CC[C@@H]21. The minimum atomic E-state index is -0.294. The molecule has 0 bridgehead atoms. The Bertz CT molecular complexity index is 806. The second kappa shape index (κ2) is 6.14. The van der Waals surface area contributed by atoms with Crippen LogP contribution >= 0.6 is 11.6 Å². The van der Waals surface area contributed by atoms with Gasteiger partial charge in [0.25, 0.3) is 0 Å². The van der Waals surface area contributed by atoms with Crippen molar-refractivity contribution in [1.29, 1.82) is 0 Å². The number of fused-ring (bicyclic) bond motifs is 2.